The van der Waals surface area contributed by atoms with Gasteiger partial charge >= 0.3 is 0 Å². The third-order valence-corrected chi connectivity index (χ3v) is 2.60. The molecule has 0 radical (unpaired) electrons. The lowest BCUT2D eigenvalue weighted by molar-refractivity contribution is 0.194. The molecule has 0 aliphatic heterocycles. The highest BCUT2D eigenvalue weighted by Crippen LogP contribution is 2.18. The van der Waals surface area contributed by atoms with E-state index in [2.05, 4.69) is 15.3 Å². The van der Waals surface area contributed by atoms with Crippen LogP contribution in [0.25, 0.3) is 0 Å². The molecule has 1 heterocycles. The number of ether oxygens (including phenoxy) is 1. The number of unbranched alkanes of at least 4 members (excludes halogenated alkanes) is 1. The summed E-state index contributed by atoms with van der Waals surface area (Å²) in [7, 11) is 1.71. The van der Waals surface area contributed by atoms with Crippen LogP contribution in [0.2, 0.25) is 5.15 Å². The van der Waals surface area contributed by atoms with Crippen LogP contribution in [0.3, 0.4) is 0 Å². The Balaban J connectivity index is 2.45. The van der Waals surface area contributed by atoms with Crippen LogP contribution in [0.4, 0.5) is 5.82 Å². The van der Waals surface area contributed by atoms with E-state index in [4.69, 9.17) is 16.3 Å². The quantitative estimate of drug-likeness (QED) is 0.781. The van der Waals surface area contributed by atoms with Gasteiger partial charge in [-0.3, -0.25) is 0 Å². The Morgan fingerprint density at radius 2 is 1.88 bits per heavy atom. The van der Waals surface area contributed by atoms with Crippen molar-refractivity contribution in [2.24, 2.45) is 0 Å². The van der Waals surface area contributed by atoms with E-state index in [9.17, 15) is 0 Å². The molecule has 1 aromatic heterocycles. The second-order valence-electron chi connectivity index (χ2n) is 3.66. The van der Waals surface area contributed by atoms with Crippen LogP contribution in [0.5, 0.6) is 0 Å². The molecule has 5 heteroatoms. The predicted octanol–water partition coefficient (Wildman–Crippen LogP) is 2.59. The first-order chi connectivity index (χ1) is 7.65. The lowest BCUT2D eigenvalue weighted by atomic mass is 10.3. The number of aryl methyl sites for hydroxylation is 2. The van der Waals surface area contributed by atoms with Crippen LogP contribution in [0.15, 0.2) is 0 Å². The molecule has 90 valence electrons. The van der Waals surface area contributed by atoms with Crippen molar-refractivity contribution >= 4 is 17.4 Å². The van der Waals surface area contributed by atoms with Gasteiger partial charge < -0.3 is 10.1 Å². The number of aromatic nitrogens is 2. The Kier molecular flexibility index (Phi) is 5.49. The Labute approximate surface area is 101 Å². The molecule has 0 aliphatic rings. The number of rotatable bonds is 6. The maximum atomic E-state index is 5.98. The topological polar surface area (TPSA) is 47.0 Å². The summed E-state index contributed by atoms with van der Waals surface area (Å²) in [6.07, 6.45) is 2.05. The van der Waals surface area contributed by atoms with E-state index in [1.54, 1.807) is 7.11 Å². The molecule has 0 saturated carbocycles. The number of nitrogens with zero attached hydrogens (tertiary/aromatic N) is 2. The van der Waals surface area contributed by atoms with Gasteiger partial charge in [0.05, 0.1) is 11.4 Å². The Bertz CT molecular complexity index is 344. The summed E-state index contributed by atoms with van der Waals surface area (Å²) in [5, 5.41) is 3.62. The van der Waals surface area contributed by atoms with Gasteiger partial charge in [-0.1, -0.05) is 11.6 Å². The van der Waals surface area contributed by atoms with Crippen LogP contribution in [0.1, 0.15) is 24.2 Å². The second-order valence-corrected chi connectivity index (χ2v) is 4.02. The summed E-state index contributed by atoms with van der Waals surface area (Å²) in [5.74, 6) is 0.669. The zero-order valence-electron chi connectivity index (χ0n) is 10.0. The molecule has 0 saturated heterocycles. The van der Waals surface area contributed by atoms with E-state index < -0.39 is 0 Å². The van der Waals surface area contributed by atoms with Crippen LogP contribution in [-0.4, -0.2) is 30.2 Å². The molecule has 4 nitrogen and oxygen atoms in total. The minimum absolute atomic E-state index is 0.440. The molecular formula is C11H18ClN3O. The standard InChI is InChI=1S/C11H18ClN3O/c1-8-9(2)15-11(10(12)14-8)13-6-4-5-7-16-3/h4-7H2,1-3H3,(H,13,15). The van der Waals surface area contributed by atoms with E-state index in [-0.39, 0.29) is 0 Å². The number of halogens is 1. The number of anilines is 1. The molecule has 0 unspecified atom stereocenters. The van der Waals surface area contributed by atoms with E-state index in [1.165, 1.54) is 0 Å². The normalized spacial score (nSPS) is 10.5. The number of hydrogen-bond acceptors (Lipinski definition) is 4. The second kappa shape index (κ2) is 6.66. The summed E-state index contributed by atoms with van der Waals surface area (Å²) in [4.78, 5) is 8.56. The average molecular weight is 244 g/mol. The van der Waals surface area contributed by atoms with Crippen molar-refractivity contribution in [3.63, 3.8) is 0 Å². The van der Waals surface area contributed by atoms with Crippen molar-refractivity contribution in [1.82, 2.24) is 9.97 Å². The maximum absolute atomic E-state index is 5.98. The lowest BCUT2D eigenvalue weighted by Gasteiger charge is -2.08. The Morgan fingerprint density at radius 3 is 2.56 bits per heavy atom. The van der Waals surface area contributed by atoms with E-state index in [0.29, 0.717) is 11.0 Å². The zero-order valence-corrected chi connectivity index (χ0v) is 10.8. The van der Waals surface area contributed by atoms with Gasteiger partial charge in [0.15, 0.2) is 11.0 Å². The summed E-state index contributed by atoms with van der Waals surface area (Å²) in [6, 6.07) is 0. The van der Waals surface area contributed by atoms with Crippen molar-refractivity contribution in [1.29, 1.82) is 0 Å². The molecule has 0 atom stereocenters. The highest BCUT2D eigenvalue weighted by Gasteiger charge is 2.05. The van der Waals surface area contributed by atoms with Gasteiger partial charge in [-0.05, 0) is 26.7 Å². The summed E-state index contributed by atoms with van der Waals surface area (Å²) >= 11 is 5.98. The van der Waals surface area contributed by atoms with Gasteiger partial charge in [0.2, 0.25) is 0 Å². The number of nitrogens with one attached hydrogen (secondary N) is 1. The monoisotopic (exact) mass is 243 g/mol. The average Bonchev–Trinajstić information content (AvgIpc) is 2.25. The molecule has 0 aliphatic carbocycles. The summed E-state index contributed by atoms with van der Waals surface area (Å²) in [5.41, 5.74) is 1.78. The first kappa shape index (κ1) is 13.2. The fourth-order valence-corrected chi connectivity index (χ4v) is 1.50. The first-order valence-corrected chi connectivity index (χ1v) is 5.76. The molecule has 1 aromatic rings. The summed E-state index contributed by atoms with van der Waals surface area (Å²) < 4.78 is 4.97. The van der Waals surface area contributed by atoms with E-state index in [1.807, 2.05) is 13.8 Å². The van der Waals surface area contributed by atoms with Crippen molar-refractivity contribution in [2.45, 2.75) is 26.7 Å². The molecule has 0 fully saturated rings. The molecule has 16 heavy (non-hydrogen) atoms. The number of methoxy groups -OCH3 is 1. The lowest BCUT2D eigenvalue weighted by Crippen LogP contribution is -2.07. The third-order valence-electron chi connectivity index (χ3n) is 2.33. The predicted molar refractivity (Wildman–Crippen MR) is 66.1 cm³/mol. The molecule has 0 amide bonds. The van der Waals surface area contributed by atoms with Crippen molar-refractivity contribution in [2.75, 3.05) is 25.6 Å². The highest BCUT2D eigenvalue weighted by atomic mass is 35.5. The van der Waals surface area contributed by atoms with E-state index in [0.717, 1.165) is 37.4 Å². The molecule has 1 rings (SSSR count). The molecule has 1 N–H and O–H groups in total. The summed E-state index contributed by atoms with van der Waals surface area (Å²) in [6.45, 7) is 5.44. The molecule has 0 aromatic carbocycles. The number of hydrogen-bond donors (Lipinski definition) is 1. The van der Waals surface area contributed by atoms with Crippen LogP contribution >= 0.6 is 11.6 Å². The van der Waals surface area contributed by atoms with Gasteiger partial charge in [0.25, 0.3) is 0 Å². The van der Waals surface area contributed by atoms with Gasteiger partial charge in [-0.2, -0.15) is 0 Å². The fraction of sp³-hybridized carbons (Fsp3) is 0.636. The molecule has 0 bridgehead atoms. The third kappa shape index (κ3) is 3.94. The highest BCUT2D eigenvalue weighted by molar-refractivity contribution is 6.31. The fourth-order valence-electron chi connectivity index (χ4n) is 1.27. The van der Waals surface area contributed by atoms with Gasteiger partial charge in [0.1, 0.15) is 0 Å². The van der Waals surface area contributed by atoms with Crippen LogP contribution < -0.4 is 5.32 Å². The van der Waals surface area contributed by atoms with Crippen molar-refractivity contribution in [3.05, 3.63) is 16.5 Å². The van der Waals surface area contributed by atoms with Crippen molar-refractivity contribution < 1.29 is 4.74 Å². The molecule has 0 spiro atoms. The minimum atomic E-state index is 0.440. The SMILES string of the molecule is COCCCCNc1nc(C)c(C)nc1Cl. The van der Waals surface area contributed by atoms with Crippen LogP contribution in [-0.2, 0) is 4.74 Å². The van der Waals surface area contributed by atoms with Gasteiger partial charge in [-0.25, -0.2) is 9.97 Å². The smallest absolute Gasteiger partial charge is 0.171 e. The van der Waals surface area contributed by atoms with Gasteiger partial charge in [0, 0.05) is 20.3 Å². The van der Waals surface area contributed by atoms with E-state index >= 15 is 0 Å². The van der Waals surface area contributed by atoms with Crippen molar-refractivity contribution in [3.8, 4) is 0 Å². The molecular weight excluding hydrogens is 226 g/mol. The Morgan fingerprint density at radius 1 is 1.19 bits per heavy atom. The zero-order chi connectivity index (χ0) is 12.0. The van der Waals surface area contributed by atoms with Gasteiger partial charge in [-0.15, -0.1) is 0 Å². The Hall–Kier alpha value is -0.870. The van der Waals surface area contributed by atoms with Crippen LogP contribution in [0, 0.1) is 13.8 Å². The maximum Gasteiger partial charge on any atom is 0.171 e. The first-order valence-electron chi connectivity index (χ1n) is 5.38. The largest absolute Gasteiger partial charge is 0.385 e. The minimum Gasteiger partial charge on any atom is -0.385 e.